The van der Waals surface area contributed by atoms with Crippen molar-refractivity contribution in [1.29, 1.82) is 0 Å². The third-order valence-electron chi connectivity index (χ3n) is 3.39. The second kappa shape index (κ2) is 7.85. The van der Waals surface area contributed by atoms with Crippen LogP contribution in [0.15, 0.2) is 29.2 Å². The van der Waals surface area contributed by atoms with Crippen molar-refractivity contribution in [3.8, 4) is 0 Å². The summed E-state index contributed by atoms with van der Waals surface area (Å²) in [5.41, 5.74) is 1.46. The zero-order valence-electron chi connectivity index (χ0n) is 12.4. The largest absolute Gasteiger partial charge is 0.314 e. The van der Waals surface area contributed by atoms with Gasteiger partial charge < -0.3 is 5.32 Å². The first-order valence-corrected chi connectivity index (χ1v) is 8.11. The van der Waals surface area contributed by atoms with E-state index in [0.29, 0.717) is 12.0 Å². The summed E-state index contributed by atoms with van der Waals surface area (Å²) < 4.78 is 0. The molecule has 0 saturated carbocycles. The molecule has 1 nitrogen and oxygen atoms in total. The summed E-state index contributed by atoms with van der Waals surface area (Å²) >= 11 is 1.80. The van der Waals surface area contributed by atoms with E-state index in [9.17, 15) is 0 Å². The van der Waals surface area contributed by atoms with Crippen molar-refractivity contribution in [2.75, 3.05) is 12.8 Å². The number of thioether (sulfide) groups is 1. The third-order valence-corrected chi connectivity index (χ3v) is 4.13. The van der Waals surface area contributed by atoms with E-state index >= 15 is 0 Å². The Morgan fingerprint density at radius 1 is 1.06 bits per heavy atom. The van der Waals surface area contributed by atoms with Gasteiger partial charge in [-0.05, 0) is 48.8 Å². The zero-order chi connectivity index (χ0) is 13.5. The Morgan fingerprint density at radius 3 is 2.11 bits per heavy atom. The Labute approximate surface area is 117 Å². The van der Waals surface area contributed by atoms with E-state index in [1.165, 1.54) is 16.9 Å². The molecule has 0 aliphatic heterocycles. The van der Waals surface area contributed by atoms with Gasteiger partial charge in [-0.3, -0.25) is 0 Å². The lowest BCUT2D eigenvalue weighted by Gasteiger charge is -2.23. The topological polar surface area (TPSA) is 12.0 Å². The molecule has 0 aromatic heterocycles. The summed E-state index contributed by atoms with van der Waals surface area (Å²) in [6, 6.07) is 9.58. The molecular weight excluding hydrogens is 238 g/mol. The molecule has 1 unspecified atom stereocenters. The molecule has 1 aromatic rings. The molecule has 0 aliphatic carbocycles. The van der Waals surface area contributed by atoms with Gasteiger partial charge in [-0.25, -0.2) is 0 Å². The van der Waals surface area contributed by atoms with Crippen LogP contribution in [-0.4, -0.2) is 18.8 Å². The molecule has 0 bridgehead atoms. The van der Waals surface area contributed by atoms with Crippen LogP contribution >= 0.6 is 11.8 Å². The van der Waals surface area contributed by atoms with Crippen molar-refractivity contribution in [3.05, 3.63) is 29.8 Å². The van der Waals surface area contributed by atoms with E-state index < -0.39 is 0 Å². The normalized spacial score (nSPS) is 13.3. The highest BCUT2D eigenvalue weighted by Gasteiger charge is 2.14. The van der Waals surface area contributed by atoms with E-state index in [-0.39, 0.29) is 0 Å². The molecule has 0 amide bonds. The van der Waals surface area contributed by atoms with Gasteiger partial charge in [0.1, 0.15) is 0 Å². The summed E-state index contributed by atoms with van der Waals surface area (Å²) in [6.45, 7) is 10.2. The first kappa shape index (κ1) is 15.6. The number of hydrogen-bond acceptors (Lipinski definition) is 2. The van der Waals surface area contributed by atoms with Crippen molar-refractivity contribution in [2.24, 2.45) is 11.8 Å². The molecule has 0 fully saturated rings. The predicted octanol–water partition coefficient (Wildman–Crippen LogP) is 4.22. The van der Waals surface area contributed by atoms with Crippen molar-refractivity contribution in [2.45, 2.75) is 45.1 Å². The van der Waals surface area contributed by atoms with Crippen LogP contribution in [0, 0.1) is 11.8 Å². The lowest BCUT2D eigenvalue weighted by atomic mass is 9.89. The van der Waals surface area contributed by atoms with Crippen LogP contribution < -0.4 is 5.32 Å². The molecule has 2 heteroatoms. The Bertz CT molecular complexity index is 329. The zero-order valence-corrected chi connectivity index (χ0v) is 13.2. The molecule has 1 aromatic carbocycles. The highest BCUT2D eigenvalue weighted by molar-refractivity contribution is 7.98. The van der Waals surface area contributed by atoms with Gasteiger partial charge in [0.05, 0.1) is 0 Å². The number of nitrogens with one attached hydrogen (secondary N) is 1. The highest BCUT2D eigenvalue weighted by Crippen LogP contribution is 2.20. The molecule has 0 saturated heterocycles. The van der Waals surface area contributed by atoms with Crippen LogP contribution in [0.5, 0.6) is 0 Å². The Hall–Kier alpha value is -0.470. The van der Waals surface area contributed by atoms with Gasteiger partial charge in [0.15, 0.2) is 0 Å². The molecule has 0 spiro atoms. The maximum absolute atomic E-state index is 3.57. The Morgan fingerprint density at radius 2 is 1.67 bits per heavy atom. The molecule has 0 aliphatic rings. The van der Waals surface area contributed by atoms with E-state index in [4.69, 9.17) is 0 Å². The number of rotatable bonds is 7. The predicted molar refractivity (Wildman–Crippen MR) is 83.4 cm³/mol. The second-order valence-electron chi connectivity index (χ2n) is 5.62. The minimum Gasteiger partial charge on any atom is -0.314 e. The van der Waals surface area contributed by atoms with Crippen molar-refractivity contribution in [1.82, 2.24) is 5.32 Å². The molecular formula is C16H27NS. The molecule has 0 radical (unpaired) electrons. The monoisotopic (exact) mass is 265 g/mol. The summed E-state index contributed by atoms with van der Waals surface area (Å²) in [6.07, 6.45) is 3.30. The van der Waals surface area contributed by atoms with Crippen LogP contribution in [0.3, 0.4) is 0 Å². The Balaban J connectivity index is 2.58. The molecule has 1 N–H and O–H groups in total. The van der Waals surface area contributed by atoms with E-state index in [2.05, 4.69) is 63.5 Å². The Kier molecular flexibility index (Phi) is 6.80. The minimum absolute atomic E-state index is 0.574. The summed E-state index contributed by atoms with van der Waals surface area (Å²) in [7, 11) is 0. The standard InChI is InChI=1S/C16H27NS/c1-12(2)15(11-17-13(3)4)10-14-6-8-16(18-5)9-7-14/h6-9,12-13,15,17H,10-11H2,1-5H3. The van der Waals surface area contributed by atoms with Crippen LogP contribution in [0.1, 0.15) is 33.3 Å². The molecule has 1 rings (SSSR count). The van der Waals surface area contributed by atoms with Crippen LogP contribution in [0.2, 0.25) is 0 Å². The SMILES string of the molecule is CSc1ccc(CC(CNC(C)C)C(C)C)cc1. The fourth-order valence-electron chi connectivity index (χ4n) is 2.00. The lowest BCUT2D eigenvalue weighted by molar-refractivity contribution is 0.349. The number of benzene rings is 1. The van der Waals surface area contributed by atoms with E-state index in [0.717, 1.165) is 12.5 Å². The van der Waals surface area contributed by atoms with Crippen molar-refractivity contribution < 1.29 is 0 Å². The maximum atomic E-state index is 3.57. The number of hydrogen-bond donors (Lipinski definition) is 1. The van der Waals surface area contributed by atoms with E-state index in [1.807, 2.05) is 0 Å². The average molecular weight is 265 g/mol. The van der Waals surface area contributed by atoms with Crippen LogP contribution in [0.25, 0.3) is 0 Å². The first-order valence-electron chi connectivity index (χ1n) is 6.89. The lowest BCUT2D eigenvalue weighted by Crippen LogP contribution is -2.32. The molecule has 102 valence electrons. The van der Waals surface area contributed by atoms with Gasteiger partial charge in [-0.1, -0.05) is 39.8 Å². The minimum atomic E-state index is 0.574. The van der Waals surface area contributed by atoms with Gasteiger partial charge in [0.2, 0.25) is 0 Å². The molecule has 1 atom stereocenters. The quantitative estimate of drug-likeness (QED) is 0.741. The van der Waals surface area contributed by atoms with Crippen LogP contribution in [0.4, 0.5) is 0 Å². The first-order chi connectivity index (χ1) is 8.52. The van der Waals surface area contributed by atoms with E-state index in [1.54, 1.807) is 11.8 Å². The highest BCUT2D eigenvalue weighted by atomic mass is 32.2. The fourth-order valence-corrected chi connectivity index (χ4v) is 2.40. The average Bonchev–Trinajstić information content (AvgIpc) is 2.34. The van der Waals surface area contributed by atoms with Gasteiger partial charge in [0.25, 0.3) is 0 Å². The van der Waals surface area contributed by atoms with Crippen molar-refractivity contribution >= 4 is 11.8 Å². The maximum Gasteiger partial charge on any atom is 0.00693 e. The van der Waals surface area contributed by atoms with Gasteiger partial charge >= 0.3 is 0 Å². The van der Waals surface area contributed by atoms with Gasteiger partial charge in [0, 0.05) is 10.9 Å². The third kappa shape index (κ3) is 5.45. The van der Waals surface area contributed by atoms with Crippen LogP contribution in [-0.2, 0) is 6.42 Å². The second-order valence-corrected chi connectivity index (χ2v) is 6.50. The molecule has 0 heterocycles. The molecule has 18 heavy (non-hydrogen) atoms. The van der Waals surface area contributed by atoms with Gasteiger partial charge in [-0.2, -0.15) is 0 Å². The van der Waals surface area contributed by atoms with Gasteiger partial charge in [-0.15, -0.1) is 11.8 Å². The summed E-state index contributed by atoms with van der Waals surface area (Å²) in [5, 5.41) is 3.57. The summed E-state index contributed by atoms with van der Waals surface area (Å²) in [4.78, 5) is 1.35. The smallest absolute Gasteiger partial charge is 0.00693 e. The van der Waals surface area contributed by atoms with Crippen molar-refractivity contribution in [3.63, 3.8) is 0 Å². The fraction of sp³-hybridized carbons (Fsp3) is 0.625. The summed E-state index contributed by atoms with van der Waals surface area (Å²) in [5.74, 6) is 1.43.